The summed E-state index contributed by atoms with van der Waals surface area (Å²) in [5, 5.41) is 9.31. The second kappa shape index (κ2) is 4.81. The Morgan fingerprint density at radius 3 is 2.84 bits per heavy atom. The average molecular weight is 262 g/mol. The highest BCUT2D eigenvalue weighted by atomic mass is 16.3. The number of hydrogen-bond donors (Lipinski definition) is 1. The summed E-state index contributed by atoms with van der Waals surface area (Å²) in [4.78, 5) is 13.5. The molecule has 0 amide bonds. The van der Waals surface area contributed by atoms with Gasteiger partial charge in [0.25, 0.3) is 0 Å². The van der Waals surface area contributed by atoms with Crippen molar-refractivity contribution >= 4 is 0 Å². The number of likely N-dealkylation sites (tertiary alicyclic amines) is 2. The minimum Gasteiger partial charge on any atom is -0.396 e. The minimum atomic E-state index is 0.296. The second-order valence-electron chi connectivity index (χ2n) is 6.15. The Hall–Kier alpha value is -1.04. The van der Waals surface area contributed by atoms with Gasteiger partial charge in [0.1, 0.15) is 0 Å². The fourth-order valence-corrected chi connectivity index (χ4v) is 3.55. The van der Waals surface area contributed by atoms with Crippen LogP contribution in [-0.4, -0.2) is 63.7 Å². The Kier molecular flexibility index (Phi) is 3.28. The van der Waals surface area contributed by atoms with Crippen LogP contribution in [0.4, 0.5) is 0 Å². The number of nitrogens with zero attached hydrogens (tertiary/aromatic N) is 4. The van der Waals surface area contributed by atoms with Crippen molar-refractivity contribution in [2.75, 3.05) is 33.3 Å². The monoisotopic (exact) mass is 262 g/mol. The summed E-state index contributed by atoms with van der Waals surface area (Å²) in [5.41, 5.74) is 2.32. The molecular weight excluding hydrogens is 240 g/mol. The van der Waals surface area contributed by atoms with E-state index in [2.05, 4.69) is 26.8 Å². The molecule has 2 aliphatic rings. The first kappa shape index (κ1) is 13.0. The fourth-order valence-electron chi connectivity index (χ4n) is 3.55. The number of aryl methyl sites for hydroxylation is 1. The molecule has 1 spiro atoms. The zero-order chi connectivity index (χ0) is 13.5. The van der Waals surface area contributed by atoms with Gasteiger partial charge >= 0.3 is 0 Å². The summed E-state index contributed by atoms with van der Waals surface area (Å²) in [6.07, 6.45) is 4.76. The zero-order valence-corrected chi connectivity index (χ0v) is 11.7. The molecule has 1 aromatic rings. The highest BCUT2D eigenvalue weighted by Gasteiger charge is 2.51. The lowest BCUT2D eigenvalue weighted by atomic mass is 9.84. The topological polar surface area (TPSA) is 52.5 Å². The van der Waals surface area contributed by atoms with Gasteiger partial charge in [0.2, 0.25) is 0 Å². The van der Waals surface area contributed by atoms with E-state index >= 15 is 0 Å². The van der Waals surface area contributed by atoms with E-state index in [4.69, 9.17) is 0 Å². The van der Waals surface area contributed by atoms with E-state index in [0.29, 0.717) is 18.1 Å². The largest absolute Gasteiger partial charge is 0.396 e. The van der Waals surface area contributed by atoms with Crippen molar-refractivity contribution in [2.45, 2.75) is 25.4 Å². The highest BCUT2D eigenvalue weighted by molar-refractivity contribution is 5.10. The van der Waals surface area contributed by atoms with Crippen molar-refractivity contribution in [1.82, 2.24) is 19.8 Å². The third kappa shape index (κ3) is 2.38. The summed E-state index contributed by atoms with van der Waals surface area (Å²) in [6.45, 7) is 6.36. The minimum absolute atomic E-state index is 0.296. The van der Waals surface area contributed by atoms with Gasteiger partial charge < -0.3 is 5.11 Å². The number of aliphatic hydroxyl groups excluding tert-OH is 1. The molecule has 0 aliphatic carbocycles. The third-order valence-electron chi connectivity index (χ3n) is 4.49. The van der Waals surface area contributed by atoms with Crippen LogP contribution >= 0.6 is 0 Å². The standard InChI is InChI=1S/C14H22N4O/c1-11-4-15-5-13(16-11)7-18-9-14(10-18)3-12(8-19)6-17(14)2/h4-5,12,19H,3,6-10H2,1-2H3/t12-/m1/s1. The Labute approximate surface area is 114 Å². The lowest BCUT2D eigenvalue weighted by Crippen LogP contribution is -2.66. The van der Waals surface area contributed by atoms with Crippen LogP contribution in [0, 0.1) is 12.8 Å². The molecule has 0 saturated carbocycles. The number of likely N-dealkylation sites (N-methyl/N-ethyl adjacent to an activating group) is 1. The maximum absolute atomic E-state index is 9.31. The van der Waals surface area contributed by atoms with Crippen LogP contribution in [0.5, 0.6) is 0 Å². The number of aromatic nitrogens is 2. The first-order chi connectivity index (χ1) is 9.11. The van der Waals surface area contributed by atoms with Gasteiger partial charge in [-0.1, -0.05) is 0 Å². The van der Waals surface area contributed by atoms with Gasteiger partial charge in [-0.05, 0) is 26.3 Å². The van der Waals surface area contributed by atoms with E-state index in [1.54, 1.807) is 6.20 Å². The van der Waals surface area contributed by atoms with E-state index in [1.807, 2.05) is 13.1 Å². The Morgan fingerprint density at radius 2 is 2.21 bits per heavy atom. The molecule has 5 nitrogen and oxygen atoms in total. The smallest absolute Gasteiger partial charge is 0.0730 e. The van der Waals surface area contributed by atoms with Gasteiger partial charge in [0.05, 0.1) is 11.4 Å². The maximum atomic E-state index is 9.31. The van der Waals surface area contributed by atoms with Gasteiger partial charge in [-0.2, -0.15) is 0 Å². The predicted octanol–water partition coefficient (Wildman–Crippen LogP) is 0.283. The first-order valence-electron chi connectivity index (χ1n) is 6.93. The van der Waals surface area contributed by atoms with Crippen molar-refractivity contribution in [3.05, 3.63) is 23.8 Å². The molecule has 2 fully saturated rings. The van der Waals surface area contributed by atoms with E-state index in [9.17, 15) is 5.11 Å². The predicted molar refractivity (Wildman–Crippen MR) is 72.6 cm³/mol. The Bertz CT molecular complexity index is 459. The second-order valence-corrected chi connectivity index (χ2v) is 6.15. The van der Waals surface area contributed by atoms with Crippen molar-refractivity contribution in [2.24, 2.45) is 5.92 Å². The molecule has 1 N–H and O–H groups in total. The van der Waals surface area contributed by atoms with Crippen LogP contribution in [0.1, 0.15) is 17.8 Å². The van der Waals surface area contributed by atoms with Crippen LogP contribution in [0.3, 0.4) is 0 Å². The lowest BCUT2D eigenvalue weighted by molar-refractivity contribution is -0.0230. The normalized spacial score (nSPS) is 26.8. The van der Waals surface area contributed by atoms with Crippen molar-refractivity contribution < 1.29 is 5.11 Å². The SMILES string of the molecule is Cc1cncc(CN2CC3(C[C@@H](CO)CN3C)C2)n1. The molecule has 0 aromatic carbocycles. The van der Waals surface area contributed by atoms with Gasteiger partial charge in [-0.3, -0.25) is 19.8 Å². The summed E-state index contributed by atoms with van der Waals surface area (Å²) in [6, 6.07) is 0. The van der Waals surface area contributed by atoms with Crippen LogP contribution in [0.2, 0.25) is 0 Å². The van der Waals surface area contributed by atoms with E-state index < -0.39 is 0 Å². The molecular formula is C14H22N4O. The molecule has 5 heteroatoms. The van der Waals surface area contributed by atoms with Crippen molar-refractivity contribution in [1.29, 1.82) is 0 Å². The van der Waals surface area contributed by atoms with Crippen molar-refractivity contribution in [3.8, 4) is 0 Å². The summed E-state index contributed by atoms with van der Waals surface area (Å²) in [5.74, 6) is 0.450. The molecule has 2 saturated heterocycles. The average Bonchev–Trinajstić information content (AvgIpc) is 2.66. The molecule has 1 aromatic heterocycles. The van der Waals surface area contributed by atoms with Crippen molar-refractivity contribution in [3.63, 3.8) is 0 Å². The molecule has 104 valence electrons. The Balaban J connectivity index is 1.58. The van der Waals surface area contributed by atoms with E-state index in [0.717, 1.165) is 44.0 Å². The van der Waals surface area contributed by atoms with Crippen LogP contribution < -0.4 is 0 Å². The van der Waals surface area contributed by atoms with Crippen LogP contribution in [0.15, 0.2) is 12.4 Å². The first-order valence-corrected chi connectivity index (χ1v) is 6.93. The molecule has 1 atom stereocenters. The highest BCUT2D eigenvalue weighted by Crippen LogP contribution is 2.39. The molecule has 0 radical (unpaired) electrons. The van der Waals surface area contributed by atoms with Gasteiger partial charge in [-0.15, -0.1) is 0 Å². The van der Waals surface area contributed by atoms with Gasteiger partial charge in [-0.25, -0.2) is 0 Å². The quantitative estimate of drug-likeness (QED) is 0.848. The molecule has 0 bridgehead atoms. The number of rotatable bonds is 3. The molecule has 2 aliphatic heterocycles. The zero-order valence-electron chi connectivity index (χ0n) is 11.7. The summed E-state index contributed by atoms with van der Waals surface area (Å²) in [7, 11) is 2.18. The lowest BCUT2D eigenvalue weighted by Gasteiger charge is -2.52. The molecule has 3 heterocycles. The van der Waals surface area contributed by atoms with Gasteiger partial charge in [0.15, 0.2) is 0 Å². The van der Waals surface area contributed by atoms with Crippen LogP contribution in [-0.2, 0) is 6.54 Å². The van der Waals surface area contributed by atoms with Crippen LogP contribution in [0.25, 0.3) is 0 Å². The summed E-state index contributed by atoms with van der Waals surface area (Å²) >= 11 is 0. The molecule has 3 rings (SSSR count). The van der Waals surface area contributed by atoms with E-state index in [-0.39, 0.29) is 0 Å². The van der Waals surface area contributed by atoms with E-state index in [1.165, 1.54) is 0 Å². The fraction of sp³-hybridized carbons (Fsp3) is 0.714. The maximum Gasteiger partial charge on any atom is 0.0730 e. The number of hydrogen-bond acceptors (Lipinski definition) is 5. The molecule has 19 heavy (non-hydrogen) atoms. The number of aliphatic hydroxyl groups is 1. The summed E-state index contributed by atoms with van der Waals surface area (Å²) < 4.78 is 0. The Morgan fingerprint density at radius 1 is 1.42 bits per heavy atom. The van der Waals surface area contributed by atoms with Gasteiger partial charge in [0, 0.05) is 50.7 Å². The molecule has 0 unspecified atom stereocenters. The third-order valence-corrected chi connectivity index (χ3v) is 4.49.